The van der Waals surface area contributed by atoms with Gasteiger partial charge in [0, 0.05) is 6.20 Å². The molecule has 0 unspecified atom stereocenters. The van der Waals surface area contributed by atoms with Crippen molar-refractivity contribution >= 4 is 11.8 Å². The van der Waals surface area contributed by atoms with Crippen molar-refractivity contribution in [2.24, 2.45) is 11.5 Å². The first-order valence-electron chi connectivity index (χ1n) is 1.76. The van der Waals surface area contributed by atoms with Gasteiger partial charge < -0.3 is 11.5 Å². The normalized spacial score (nSPS) is 11.1. The van der Waals surface area contributed by atoms with Crippen LogP contribution >= 0.6 is 11.8 Å². The van der Waals surface area contributed by atoms with Gasteiger partial charge in [0.1, 0.15) is 0 Å². The molecule has 0 saturated heterocycles. The van der Waals surface area contributed by atoms with Crippen molar-refractivity contribution in [3.05, 3.63) is 23.2 Å². The van der Waals surface area contributed by atoms with Crippen LogP contribution in [0.15, 0.2) is 23.2 Å². The van der Waals surface area contributed by atoms with E-state index in [0.29, 0.717) is 5.03 Å². The van der Waals surface area contributed by atoms with Crippen molar-refractivity contribution in [2.75, 3.05) is 0 Å². The predicted octanol–water partition coefficient (Wildman–Crippen LogP) is 0.579. The third-order valence-corrected chi connectivity index (χ3v) is 0.959. The fourth-order valence-corrected chi connectivity index (χ4v) is 0.407. The molecule has 4 N–H and O–H groups in total. The lowest BCUT2D eigenvalue weighted by molar-refractivity contribution is 1.46. The van der Waals surface area contributed by atoms with Gasteiger partial charge in [-0.3, -0.25) is 0 Å². The maximum absolute atomic E-state index is 5.21. The Morgan fingerprint density at radius 3 is 2.43 bits per heavy atom. The minimum Gasteiger partial charge on any atom is -0.403 e. The zero-order valence-corrected chi connectivity index (χ0v) is 4.74. The van der Waals surface area contributed by atoms with Gasteiger partial charge >= 0.3 is 0 Å². The first kappa shape index (κ1) is 6.43. The van der Waals surface area contributed by atoms with Crippen LogP contribution in [-0.2, 0) is 0 Å². The topological polar surface area (TPSA) is 52.0 Å². The van der Waals surface area contributed by atoms with E-state index in [2.05, 4.69) is 6.58 Å². The Bertz CT molecular complexity index is 87.7. The second-order valence-corrected chi connectivity index (χ2v) is 1.89. The number of thioether (sulfide) groups is 1. The summed E-state index contributed by atoms with van der Waals surface area (Å²) in [7, 11) is 0. The average Bonchev–Trinajstić information content (AvgIpc) is 1.68. The maximum Gasteiger partial charge on any atom is 0.0855 e. The van der Waals surface area contributed by atoms with Crippen LogP contribution in [0, 0.1) is 0 Å². The third-order valence-electron chi connectivity index (χ3n) is 0.384. The molecule has 0 amide bonds. The van der Waals surface area contributed by atoms with E-state index in [1.54, 1.807) is 5.41 Å². The van der Waals surface area contributed by atoms with E-state index < -0.39 is 0 Å². The van der Waals surface area contributed by atoms with Gasteiger partial charge in [-0.1, -0.05) is 18.3 Å². The van der Waals surface area contributed by atoms with E-state index in [0.717, 1.165) is 0 Å². The molecule has 2 nitrogen and oxygen atoms in total. The molecule has 3 heteroatoms. The molecule has 0 aromatic heterocycles. The zero-order chi connectivity index (χ0) is 5.70. The third kappa shape index (κ3) is 3.26. The van der Waals surface area contributed by atoms with E-state index >= 15 is 0 Å². The molecule has 0 spiro atoms. The van der Waals surface area contributed by atoms with Crippen molar-refractivity contribution < 1.29 is 0 Å². The summed E-state index contributed by atoms with van der Waals surface area (Å²) in [6.45, 7) is 3.44. The van der Waals surface area contributed by atoms with Gasteiger partial charge in [-0.15, -0.1) is 0 Å². The van der Waals surface area contributed by atoms with Crippen LogP contribution in [-0.4, -0.2) is 0 Å². The van der Waals surface area contributed by atoms with Gasteiger partial charge in [-0.05, 0) is 5.41 Å². The summed E-state index contributed by atoms with van der Waals surface area (Å²) in [5, 5.41) is 2.20. The maximum atomic E-state index is 5.21. The van der Waals surface area contributed by atoms with Crippen LogP contribution in [0.1, 0.15) is 0 Å². The molecule has 0 radical (unpaired) electrons. The Kier molecular flexibility index (Phi) is 3.32. The highest BCUT2D eigenvalue weighted by atomic mass is 32.2. The Labute approximate surface area is 47.3 Å². The Morgan fingerprint density at radius 2 is 2.29 bits per heavy atom. The Hall–Kier alpha value is -0.570. The summed E-state index contributed by atoms with van der Waals surface area (Å²) in [5.41, 5.74) is 10.2. The molecule has 0 aromatic rings. The van der Waals surface area contributed by atoms with E-state index in [1.165, 1.54) is 18.0 Å². The molecule has 0 heterocycles. The zero-order valence-electron chi connectivity index (χ0n) is 3.92. The molecule has 0 rings (SSSR count). The van der Waals surface area contributed by atoms with Crippen LogP contribution in [0.4, 0.5) is 0 Å². The highest BCUT2D eigenvalue weighted by Gasteiger charge is 1.77. The molecule has 0 atom stereocenters. The molecule has 40 valence electrons. The average molecular weight is 116 g/mol. The largest absolute Gasteiger partial charge is 0.403 e. The molecule has 0 aliphatic heterocycles. The summed E-state index contributed by atoms with van der Waals surface area (Å²) in [4.78, 5) is 0. The van der Waals surface area contributed by atoms with Gasteiger partial charge in [-0.25, -0.2) is 0 Å². The van der Waals surface area contributed by atoms with Gasteiger partial charge in [0.15, 0.2) is 0 Å². The lowest BCUT2D eigenvalue weighted by Gasteiger charge is -1.87. The molecular formula is C4H8N2S. The minimum absolute atomic E-state index is 0.579. The Balaban J connectivity index is 3.36. The monoisotopic (exact) mass is 116 g/mol. The summed E-state index contributed by atoms with van der Waals surface area (Å²) >= 11 is 1.31. The summed E-state index contributed by atoms with van der Waals surface area (Å²) in [6, 6.07) is 0. The van der Waals surface area contributed by atoms with Crippen molar-refractivity contribution in [3.63, 3.8) is 0 Å². The molecule has 0 aliphatic carbocycles. The summed E-state index contributed by atoms with van der Waals surface area (Å²) in [5.74, 6) is 0. The second-order valence-electron chi connectivity index (χ2n) is 0.854. The van der Waals surface area contributed by atoms with Crippen molar-refractivity contribution in [1.29, 1.82) is 0 Å². The second kappa shape index (κ2) is 3.61. The van der Waals surface area contributed by atoms with E-state index in [-0.39, 0.29) is 0 Å². The predicted molar refractivity (Wildman–Crippen MR) is 34.2 cm³/mol. The van der Waals surface area contributed by atoms with Gasteiger partial charge in [0.25, 0.3) is 0 Å². The van der Waals surface area contributed by atoms with Crippen LogP contribution in [0.25, 0.3) is 0 Å². The van der Waals surface area contributed by atoms with Gasteiger partial charge in [0.05, 0.1) is 5.03 Å². The number of nitrogens with two attached hydrogens (primary N) is 2. The lowest BCUT2D eigenvalue weighted by atomic mass is 11.0. The van der Waals surface area contributed by atoms with Crippen LogP contribution in [0.2, 0.25) is 0 Å². The highest BCUT2D eigenvalue weighted by Crippen LogP contribution is 2.06. The fourth-order valence-electron chi connectivity index (χ4n) is 0.136. The van der Waals surface area contributed by atoms with Gasteiger partial charge in [-0.2, -0.15) is 0 Å². The van der Waals surface area contributed by atoms with Gasteiger partial charge in [0.2, 0.25) is 0 Å². The molecule has 7 heavy (non-hydrogen) atoms. The van der Waals surface area contributed by atoms with Crippen molar-refractivity contribution in [1.82, 2.24) is 0 Å². The van der Waals surface area contributed by atoms with Crippen LogP contribution in [0.5, 0.6) is 0 Å². The fraction of sp³-hybridized carbons (Fsp3) is 0. The summed E-state index contributed by atoms with van der Waals surface area (Å²) < 4.78 is 0. The van der Waals surface area contributed by atoms with Crippen molar-refractivity contribution in [3.8, 4) is 0 Å². The molecule has 0 saturated carbocycles. The molecule has 0 aromatic carbocycles. The van der Waals surface area contributed by atoms with E-state index in [4.69, 9.17) is 11.5 Å². The van der Waals surface area contributed by atoms with Crippen LogP contribution in [0.3, 0.4) is 0 Å². The number of hydrogen-bond donors (Lipinski definition) is 2. The first-order valence-corrected chi connectivity index (χ1v) is 2.64. The van der Waals surface area contributed by atoms with Crippen molar-refractivity contribution in [2.45, 2.75) is 0 Å². The highest BCUT2D eigenvalue weighted by molar-refractivity contribution is 8.05. The molecule has 0 aliphatic rings. The smallest absolute Gasteiger partial charge is 0.0855 e. The SMILES string of the molecule is C=CS/C(N)=C\N. The molecule has 0 fully saturated rings. The van der Waals surface area contributed by atoms with E-state index in [1.807, 2.05) is 0 Å². The molecule has 0 bridgehead atoms. The Morgan fingerprint density at radius 1 is 1.71 bits per heavy atom. The number of rotatable bonds is 2. The standard InChI is InChI=1S/C4H8N2S/c1-2-7-4(6)3-5/h2-3H,1,5-6H2/b4-3-. The van der Waals surface area contributed by atoms with E-state index in [9.17, 15) is 0 Å². The van der Waals surface area contributed by atoms with Crippen LogP contribution < -0.4 is 11.5 Å². The molecular weight excluding hydrogens is 108 g/mol. The lowest BCUT2D eigenvalue weighted by Crippen LogP contribution is -1.93. The first-order chi connectivity index (χ1) is 3.31. The quantitative estimate of drug-likeness (QED) is 0.555. The number of hydrogen-bond acceptors (Lipinski definition) is 3. The summed E-state index contributed by atoms with van der Waals surface area (Å²) in [6.07, 6.45) is 1.34. The minimum atomic E-state index is 0.579.